The minimum atomic E-state index is 0.0827. The highest BCUT2D eigenvalue weighted by molar-refractivity contribution is 9.10. The molecule has 0 spiro atoms. The van der Waals surface area contributed by atoms with Gasteiger partial charge in [-0.2, -0.15) is 0 Å². The molecule has 1 fully saturated rings. The van der Waals surface area contributed by atoms with E-state index in [0.717, 1.165) is 29.4 Å². The molecular formula is C19H20BrNO2. The molecule has 1 aliphatic rings. The Morgan fingerprint density at radius 2 is 2.00 bits per heavy atom. The van der Waals surface area contributed by atoms with E-state index in [1.165, 1.54) is 5.56 Å². The summed E-state index contributed by atoms with van der Waals surface area (Å²) in [5, 5.41) is 0. The zero-order valence-electron chi connectivity index (χ0n) is 13.0. The van der Waals surface area contributed by atoms with Crippen LogP contribution in [-0.4, -0.2) is 30.0 Å². The Balaban J connectivity index is 1.58. The van der Waals surface area contributed by atoms with E-state index in [0.29, 0.717) is 13.2 Å². The van der Waals surface area contributed by atoms with Crippen LogP contribution < -0.4 is 0 Å². The van der Waals surface area contributed by atoms with Crippen LogP contribution in [0.4, 0.5) is 0 Å². The normalized spacial score (nSPS) is 18.0. The van der Waals surface area contributed by atoms with Gasteiger partial charge in [0, 0.05) is 23.1 Å². The molecule has 0 aromatic heterocycles. The second kappa shape index (κ2) is 7.75. The highest BCUT2D eigenvalue weighted by Crippen LogP contribution is 2.19. The predicted molar refractivity (Wildman–Crippen MR) is 94.3 cm³/mol. The van der Waals surface area contributed by atoms with Gasteiger partial charge in [0.25, 0.3) is 5.91 Å². The van der Waals surface area contributed by atoms with Crippen LogP contribution in [0.2, 0.25) is 0 Å². The van der Waals surface area contributed by atoms with Crippen molar-refractivity contribution < 1.29 is 9.53 Å². The van der Waals surface area contributed by atoms with Crippen LogP contribution in [0.3, 0.4) is 0 Å². The zero-order valence-corrected chi connectivity index (χ0v) is 14.5. The number of rotatable bonds is 4. The summed E-state index contributed by atoms with van der Waals surface area (Å²) in [5.74, 6) is 0.0827. The highest BCUT2D eigenvalue weighted by Gasteiger charge is 2.25. The molecule has 23 heavy (non-hydrogen) atoms. The van der Waals surface area contributed by atoms with Crippen molar-refractivity contribution in [2.45, 2.75) is 25.6 Å². The average molecular weight is 374 g/mol. The maximum absolute atomic E-state index is 12.6. The number of halogens is 1. The second-order valence-corrected chi connectivity index (χ2v) is 6.74. The summed E-state index contributed by atoms with van der Waals surface area (Å²) in [6.45, 7) is 2.07. The molecule has 1 saturated heterocycles. The fraction of sp³-hybridized carbons (Fsp3) is 0.316. The largest absolute Gasteiger partial charge is 0.372 e. The molecule has 1 aliphatic heterocycles. The molecule has 1 heterocycles. The minimum absolute atomic E-state index is 0.0827. The van der Waals surface area contributed by atoms with E-state index in [4.69, 9.17) is 4.74 Å². The fourth-order valence-corrected chi connectivity index (χ4v) is 3.25. The maximum Gasteiger partial charge on any atom is 0.253 e. The quantitative estimate of drug-likeness (QED) is 0.800. The first-order chi connectivity index (χ1) is 11.2. The van der Waals surface area contributed by atoms with Crippen LogP contribution in [0.5, 0.6) is 0 Å². The fourth-order valence-electron chi connectivity index (χ4n) is 2.85. The molecule has 1 atom stereocenters. The van der Waals surface area contributed by atoms with Crippen molar-refractivity contribution in [3.05, 3.63) is 70.2 Å². The molecule has 0 saturated carbocycles. The van der Waals surface area contributed by atoms with Crippen LogP contribution >= 0.6 is 15.9 Å². The van der Waals surface area contributed by atoms with Gasteiger partial charge in [-0.3, -0.25) is 4.79 Å². The predicted octanol–water partition coefficient (Wildman–Crippen LogP) is 4.27. The van der Waals surface area contributed by atoms with Gasteiger partial charge in [0.2, 0.25) is 0 Å². The minimum Gasteiger partial charge on any atom is -0.372 e. The lowest BCUT2D eigenvalue weighted by Crippen LogP contribution is -2.43. The van der Waals surface area contributed by atoms with Crippen LogP contribution in [0.15, 0.2) is 59.1 Å². The third-order valence-corrected chi connectivity index (χ3v) is 4.56. The van der Waals surface area contributed by atoms with Crippen molar-refractivity contribution >= 4 is 21.8 Å². The number of hydrogen-bond acceptors (Lipinski definition) is 2. The average Bonchev–Trinajstić information content (AvgIpc) is 2.60. The second-order valence-electron chi connectivity index (χ2n) is 5.82. The molecule has 3 rings (SSSR count). The van der Waals surface area contributed by atoms with Gasteiger partial charge >= 0.3 is 0 Å². The molecule has 1 amide bonds. The monoisotopic (exact) mass is 373 g/mol. The molecule has 120 valence electrons. The Labute approximate surface area is 145 Å². The zero-order chi connectivity index (χ0) is 16.1. The Hall–Kier alpha value is -1.65. The molecule has 3 nitrogen and oxygen atoms in total. The van der Waals surface area contributed by atoms with Gasteiger partial charge in [-0.05, 0) is 36.6 Å². The molecule has 0 bridgehead atoms. The van der Waals surface area contributed by atoms with Crippen molar-refractivity contribution in [1.82, 2.24) is 4.90 Å². The topological polar surface area (TPSA) is 29.5 Å². The van der Waals surface area contributed by atoms with E-state index in [-0.39, 0.29) is 12.0 Å². The standard InChI is InChI=1S/C19H20BrNO2/c20-17-9-4-8-16(12-17)19(22)21-11-5-10-18(13-21)23-14-15-6-2-1-3-7-15/h1-4,6-9,12,18H,5,10-11,13-14H2/t18-/m0/s1. The van der Waals surface area contributed by atoms with Crippen molar-refractivity contribution in [3.8, 4) is 0 Å². The van der Waals surface area contributed by atoms with E-state index < -0.39 is 0 Å². The maximum atomic E-state index is 12.6. The van der Waals surface area contributed by atoms with Crippen LogP contribution in [0, 0.1) is 0 Å². The molecule has 2 aromatic carbocycles. The van der Waals surface area contributed by atoms with Gasteiger partial charge in [0.15, 0.2) is 0 Å². The number of piperidine rings is 1. The van der Waals surface area contributed by atoms with Crippen LogP contribution in [0.25, 0.3) is 0 Å². The summed E-state index contributed by atoms with van der Waals surface area (Å²) in [4.78, 5) is 14.5. The lowest BCUT2D eigenvalue weighted by Gasteiger charge is -2.32. The Morgan fingerprint density at radius 1 is 1.17 bits per heavy atom. The molecule has 0 aliphatic carbocycles. The van der Waals surface area contributed by atoms with Gasteiger partial charge in [-0.15, -0.1) is 0 Å². The van der Waals surface area contributed by atoms with Gasteiger partial charge < -0.3 is 9.64 Å². The summed E-state index contributed by atoms with van der Waals surface area (Å²) >= 11 is 3.42. The number of likely N-dealkylation sites (tertiary alicyclic amines) is 1. The molecule has 0 N–H and O–H groups in total. The number of benzene rings is 2. The van der Waals surface area contributed by atoms with Crippen LogP contribution in [0.1, 0.15) is 28.8 Å². The van der Waals surface area contributed by atoms with Gasteiger partial charge in [-0.25, -0.2) is 0 Å². The Morgan fingerprint density at radius 3 is 2.78 bits per heavy atom. The number of carbonyl (C=O) groups is 1. The smallest absolute Gasteiger partial charge is 0.253 e. The number of ether oxygens (including phenoxy) is 1. The lowest BCUT2D eigenvalue weighted by atomic mass is 10.1. The summed E-state index contributed by atoms with van der Waals surface area (Å²) in [5.41, 5.74) is 1.89. The van der Waals surface area contributed by atoms with E-state index in [9.17, 15) is 4.79 Å². The van der Waals surface area contributed by atoms with Crippen molar-refractivity contribution in [2.24, 2.45) is 0 Å². The van der Waals surface area contributed by atoms with E-state index in [2.05, 4.69) is 28.1 Å². The first-order valence-electron chi connectivity index (χ1n) is 7.93. The summed E-state index contributed by atoms with van der Waals surface area (Å²) in [6.07, 6.45) is 2.11. The SMILES string of the molecule is O=C(c1cccc(Br)c1)N1CCC[C@H](OCc2ccccc2)C1. The highest BCUT2D eigenvalue weighted by atomic mass is 79.9. The van der Waals surface area contributed by atoms with E-state index >= 15 is 0 Å². The molecule has 2 aromatic rings. The Bertz CT molecular complexity index is 659. The summed E-state index contributed by atoms with van der Waals surface area (Å²) in [6, 6.07) is 17.7. The first-order valence-corrected chi connectivity index (χ1v) is 8.72. The lowest BCUT2D eigenvalue weighted by molar-refractivity contribution is -0.00672. The summed E-state index contributed by atoms with van der Waals surface area (Å²) in [7, 11) is 0. The first kappa shape index (κ1) is 16.2. The molecule has 0 radical (unpaired) electrons. The number of carbonyl (C=O) groups excluding carboxylic acids is 1. The van der Waals surface area contributed by atoms with E-state index in [1.807, 2.05) is 47.4 Å². The third-order valence-electron chi connectivity index (χ3n) is 4.07. The van der Waals surface area contributed by atoms with Gasteiger partial charge in [0.1, 0.15) is 0 Å². The van der Waals surface area contributed by atoms with Crippen LogP contribution in [-0.2, 0) is 11.3 Å². The van der Waals surface area contributed by atoms with Crippen molar-refractivity contribution in [3.63, 3.8) is 0 Å². The van der Waals surface area contributed by atoms with Crippen molar-refractivity contribution in [1.29, 1.82) is 0 Å². The number of nitrogens with zero attached hydrogens (tertiary/aromatic N) is 1. The third kappa shape index (κ3) is 4.43. The molecule has 4 heteroatoms. The van der Waals surface area contributed by atoms with E-state index in [1.54, 1.807) is 0 Å². The number of hydrogen-bond donors (Lipinski definition) is 0. The van der Waals surface area contributed by atoms with Gasteiger partial charge in [-0.1, -0.05) is 52.3 Å². The Kier molecular flexibility index (Phi) is 5.47. The molecular weight excluding hydrogens is 354 g/mol. The molecule has 0 unspecified atom stereocenters. The number of amides is 1. The van der Waals surface area contributed by atoms with Crippen molar-refractivity contribution in [2.75, 3.05) is 13.1 Å². The van der Waals surface area contributed by atoms with Gasteiger partial charge in [0.05, 0.1) is 12.7 Å². The summed E-state index contributed by atoms with van der Waals surface area (Å²) < 4.78 is 6.93.